The predicted octanol–water partition coefficient (Wildman–Crippen LogP) is 4.38. The highest BCUT2D eigenvalue weighted by atomic mass is 19.1. The third-order valence-corrected chi connectivity index (χ3v) is 3.38. The van der Waals surface area contributed by atoms with Crippen molar-refractivity contribution < 1.29 is 8.78 Å². The maximum atomic E-state index is 13.5. The molecule has 0 saturated heterocycles. The smallest absolute Gasteiger partial charge is 0.131 e. The molecule has 108 valence electrons. The van der Waals surface area contributed by atoms with E-state index in [-0.39, 0.29) is 6.54 Å². The van der Waals surface area contributed by atoms with Crippen LogP contribution >= 0.6 is 0 Å². The Morgan fingerprint density at radius 2 is 1.76 bits per heavy atom. The van der Waals surface area contributed by atoms with Crippen LogP contribution in [0.15, 0.2) is 42.5 Å². The van der Waals surface area contributed by atoms with Crippen molar-refractivity contribution in [1.82, 2.24) is 0 Å². The molecule has 0 bridgehead atoms. The lowest BCUT2D eigenvalue weighted by atomic mass is 9.86. The van der Waals surface area contributed by atoms with Crippen LogP contribution < -0.4 is 5.32 Å². The fraction of sp³-hybridized carbons (Fsp3) is 0.235. The van der Waals surface area contributed by atoms with Crippen molar-refractivity contribution >= 4 is 5.69 Å². The van der Waals surface area contributed by atoms with E-state index in [2.05, 4.69) is 11.4 Å². The first-order valence-corrected chi connectivity index (χ1v) is 6.62. The fourth-order valence-corrected chi connectivity index (χ4v) is 1.93. The van der Waals surface area contributed by atoms with Crippen molar-refractivity contribution in [2.75, 3.05) is 5.32 Å². The van der Waals surface area contributed by atoms with Crippen molar-refractivity contribution in [3.8, 4) is 6.07 Å². The molecule has 0 aromatic heterocycles. The van der Waals surface area contributed by atoms with Crippen LogP contribution in [0.1, 0.15) is 25.0 Å². The second-order valence-electron chi connectivity index (χ2n) is 5.40. The van der Waals surface area contributed by atoms with Gasteiger partial charge in [-0.15, -0.1) is 0 Å². The van der Waals surface area contributed by atoms with E-state index in [9.17, 15) is 8.78 Å². The van der Waals surface area contributed by atoms with Gasteiger partial charge in [0, 0.05) is 23.9 Å². The summed E-state index contributed by atoms with van der Waals surface area (Å²) in [4.78, 5) is 0. The maximum absolute atomic E-state index is 13.5. The summed E-state index contributed by atoms with van der Waals surface area (Å²) in [5.74, 6) is -1.15. The third-order valence-electron chi connectivity index (χ3n) is 3.38. The summed E-state index contributed by atoms with van der Waals surface area (Å²) in [6, 6.07) is 13.2. The number of hydrogen-bond donors (Lipinski definition) is 1. The standard InChI is InChI=1S/C17H16F2N2/c1-17(2,11-20)13-4-7-15(8-5-13)21-10-12-3-6-14(18)9-16(12)19/h3-9,21H,10H2,1-2H3. The normalized spacial score (nSPS) is 11.0. The monoisotopic (exact) mass is 286 g/mol. The van der Waals surface area contributed by atoms with E-state index >= 15 is 0 Å². The van der Waals surface area contributed by atoms with Crippen molar-refractivity contribution in [2.24, 2.45) is 0 Å². The number of nitrogens with one attached hydrogen (secondary N) is 1. The van der Waals surface area contributed by atoms with E-state index in [1.165, 1.54) is 12.1 Å². The fourth-order valence-electron chi connectivity index (χ4n) is 1.93. The van der Waals surface area contributed by atoms with Gasteiger partial charge in [-0.05, 0) is 37.6 Å². The first-order valence-electron chi connectivity index (χ1n) is 6.62. The highest BCUT2D eigenvalue weighted by Gasteiger charge is 2.19. The molecule has 0 radical (unpaired) electrons. The molecule has 0 aliphatic heterocycles. The second kappa shape index (κ2) is 5.92. The summed E-state index contributed by atoms with van der Waals surface area (Å²) in [6.45, 7) is 3.97. The Hall–Kier alpha value is -2.41. The Balaban J connectivity index is 2.06. The van der Waals surface area contributed by atoms with Crippen LogP contribution in [0.25, 0.3) is 0 Å². The van der Waals surface area contributed by atoms with Gasteiger partial charge >= 0.3 is 0 Å². The number of nitriles is 1. The Labute approximate surface area is 123 Å². The molecule has 0 aliphatic carbocycles. The lowest BCUT2D eigenvalue weighted by molar-refractivity contribution is 0.574. The summed E-state index contributed by atoms with van der Waals surface area (Å²) >= 11 is 0. The Morgan fingerprint density at radius 3 is 2.33 bits per heavy atom. The molecule has 0 heterocycles. The van der Waals surface area contributed by atoms with Crippen LogP contribution in [0, 0.1) is 23.0 Å². The molecule has 0 amide bonds. The first kappa shape index (κ1) is 15.0. The number of rotatable bonds is 4. The molecule has 0 saturated carbocycles. The number of nitrogens with zero attached hydrogens (tertiary/aromatic N) is 1. The maximum Gasteiger partial charge on any atom is 0.131 e. The number of halogens is 2. The first-order chi connectivity index (χ1) is 9.92. The zero-order chi connectivity index (χ0) is 15.5. The molecule has 0 fully saturated rings. The molecule has 21 heavy (non-hydrogen) atoms. The van der Waals surface area contributed by atoms with Gasteiger partial charge in [-0.2, -0.15) is 5.26 Å². The third kappa shape index (κ3) is 3.57. The van der Waals surface area contributed by atoms with Crippen LogP contribution in [0.5, 0.6) is 0 Å². The molecule has 0 unspecified atom stereocenters. The summed E-state index contributed by atoms with van der Waals surface area (Å²) in [6.07, 6.45) is 0. The minimum atomic E-state index is -0.584. The van der Waals surface area contributed by atoms with Crippen molar-refractivity contribution in [3.63, 3.8) is 0 Å². The lowest BCUT2D eigenvalue weighted by Crippen LogP contribution is -2.13. The molecule has 1 N–H and O–H groups in total. The quantitative estimate of drug-likeness (QED) is 0.905. The van der Waals surface area contributed by atoms with Crippen LogP contribution in [0.2, 0.25) is 0 Å². The average Bonchev–Trinajstić information content (AvgIpc) is 2.47. The van der Waals surface area contributed by atoms with E-state index in [1.54, 1.807) is 0 Å². The zero-order valence-corrected chi connectivity index (χ0v) is 12.0. The van der Waals surface area contributed by atoms with Crippen molar-refractivity contribution in [1.29, 1.82) is 5.26 Å². The van der Waals surface area contributed by atoms with Crippen LogP contribution in [-0.2, 0) is 12.0 Å². The van der Waals surface area contributed by atoms with Crippen molar-refractivity contribution in [2.45, 2.75) is 25.8 Å². The summed E-state index contributed by atoms with van der Waals surface area (Å²) in [7, 11) is 0. The highest BCUT2D eigenvalue weighted by molar-refractivity contribution is 5.47. The molecule has 4 heteroatoms. The molecule has 2 aromatic carbocycles. The Kier molecular flexibility index (Phi) is 4.23. The molecule has 0 atom stereocenters. The molecular weight excluding hydrogens is 270 g/mol. The predicted molar refractivity (Wildman–Crippen MR) is 78.8 cm³/mol. The van der Waals surface area contributed by atoms with Gasteiger partial charge in [0.2, 0.25) is 0 Å². The van der Waals surface area contributed by atoms with Gasteiger partial charge in [-0.25, -0.2) is 8.78 Å². The minimum Gasteiger partial charge on any atom is -0.381 e. The highest BCUT2D eigenvalue weighted by Crippen LogP contribution is 2.23. The average molecular weight is 286 g/mol. The topological polar surface area (TPSA) is 35.8 Å². The van der Waals surface area contributed by atoms with Gasteiger partial charge in [0.1, 0.15) is 11.6 Å². The van der Waals surface area contributed by atoms with Crippen LogP contribution in [0.3, 0.4) is 0 Å². The van der Waals surface area contributed by atoms with Gasteiger partial charge in [0.25, 0.3) is 0 Å². The molecule has 0 spiro atoms. The summed E-state index contributed by atoms with van der Waals surface area (Å²) in [5, 5.41) is 12.2. The van der Waals surface area contributed by atoms with Gasteiger partial charge in [-0.1, -0.05) is 18.2 Å². The second-order valence-corrected chi connectivity index (χ2v) is 5.40. The SMILES string of the molecule is CC(C)(C#N)c1ccc(NCc2ccc(F)cc2F)cc1. The largest absolute Gasteiger partial charge is 0.381 e. The van der Waals surface area contributed by atoms with Crippen LogP contribution in [0.4, 0.5) is 14.5 Å². The lowest BCUT2D eigenvalue weighted by Gasteiger charge is -2.16. The van der Waals surface area contributed by atoms with Gasteiger partial charge in [0.05, 0.1) is 11.5 Å². The van der Waals surface area contributed by atoms with Gasteiger partial charge in [-0.3, -0.25) is 0 Å². The molecule has 2 rings (SSSR count). The molecule has 0 aliphatic rings. The molecule has 2 nitrogen and oxygen atoms in total. The van der Waals surface area contributed by atoms with Gasteiger partial charge < -0.3 is 5.32 Å². The van der Waals surface area contributed by atoms with Crippen molar-refractivity contribution in [3.05, 3.63) is 65.2 Å². The molecular formula is C17H16F2N2. The zero-order valence-electron chi connectivity index (χ0n) is 12.0. The minimum absolute atomic E-state index is 0.271. The van der Waals surface area contributed by atoms with E-state index in [1.807, 2.05) is 38.1 Å². The van der Waals surface area contributed by atoms with E-state index < -0.39 is 17.0 Å². The van der Waals surface area contributed by atoms with E-state index in [4.69, 9.17) is 5.26 Å². The summed E-state index contributed by atoms with van der Waals surface area (Å²) < 4.78 is 26.3. The molecule has 2 aromatic rings. The Bertz CT molecular complexity index is 670. The number of anilines is 1. The number of benzene rings is 2. The summed E-state index contributed by atoms with van der Waals surface area (Å²) in [5.41, 5.74) is 1.60. The van der Waals surface area contributed by atoms with E-state index in [0.717, 1.165) is 17.3 Å². The Morgan fingerprint density at radius 1 is 1.10 bits per heavy atom. The van der Waals surface area contributed by atoms with E-state index in [0.29, 0.717) is 5.56 Å². The van der Waals surface area contributed by atoms with Gasteiger partial charge in [0.15, 0.2) is 0 Å². The number of hydrogen-bond acceptors (Lipinski definition) is 2. The van der Waals surface area contributed by atoms with Crippen LogP contribution in [-0.4, -0.2) is 0 Å².